The fourth-order valence-corrected chi connectivity index (χ4v) is 2.72. The number of nitrogens with zero attached hydrogens (tertiary/aromatic N) is 1. The van der Waals surface area contributed by atoms with E-state index in [2.05, 4.69) is 10.6 Å². The molecule has 0 saturated carbocycles. The van der Waals surface area contributed by atoms with Gasteiger partial charge in [0.2, 0.25) is 0 Å². The van der Waals surface area contributed by atoms with E-state index in [0.29, 0.717) is 11.3 Å². The predicted molar refractivity (Wildman–Crippen MR) is 116 cm³/mol. The third-order valence-electron chi connectivity index (χ3n) is 4.30. The highest BCUT2D eigenvalue weighted by atomic mass is 16.5. The summed E-state index contributed by atoms with van der Waals surface area (Å²) in [6.07, 6.45) is 1.36. The summed E-state index contributed by atoms with van der Waals surface area (Å²) in [5.74, 6) is -1.92. The third-order valence-corrected chi connectivity index (χ3v) is 4.30. The number of carbonyl (C=O) groups is 4. The first-order valence-corrected chi connectivity index (χ1v) is 9.57. The molecular weight excluding hydrogens is 414 g/mol. The standard InChI is InChI=1S/C23H21N3O6/c1-26(2)22(29)15-9-11-16(12-10-15)24-20(27)14-32-23(30)17-6-3-4-7-18(17)25-21(28)19-8-5-13-31-19/h3-13H,14H2,1-2H3,(H,24,27)(H,25,28). The zero-order valence-electron chi connectivity index (χ0n) is 17.5. The smallest absolute Gasteiger partial charge is 0.340 e. The molecule has 0 aliphatic rings. The molecule has 0 aliphatic carbocycles. The number of hydrogen-bond donors (Lipinski definition) is 2. The number of hydrogen-bond acceptors (Lipinski definition) is 6. The molecule has 0 unspecified atom stereocenters. The van der Waals surface area contributed by atoms with Gasteiger partial charge in [-0.15, -0.1) is 0 Å². The molecule has 3 rings (SSSR count). The van der Waals surface area contributed by atoms with E-state index in [0.717, 1.165) is 0 Å². The second-order valence-corrected chi connectivity index (χ2v) is 6.88. The van der Waals surface area contributed by atoms with Crippen molar-refractivity contribution >= 4 is 35.1 Å². The quantitative estimate of drug-likeness (QED) is 0.551. The molecule has 1 heterocycles. The van der Waals surface area contributed by atoms with Gasteiger partial charge in [-0.05, 0) is 48.5 Å². The van der Waals surface area contributed by atoms with Crippen LogP contribution in [0.2, 0.25) is 0 Å². The number of anilines is 2. The van der Waals surface area contributed by atoms with E-state index in [-0.39, 0.29) is 22.9 Å². The summed E-state index contributed by atoms with van der Waals surface area (Å²) < 4.78 is 10.1. The first-order chi connectivity index (χ1) is 15.3. The van der Waals surface area contributed by atoms with Gasteiger partial charge in [0.1, 0.15) is 0 Å². The monoisotopic (exact) mass is 435 g/mol. The van der Waals surface area contributed by atoms with Crippen molar-refractivity contribution in [2.45, 2.75) is 0 Å². The number of para-hydroxylation sites is 1. The first-order valence-electron chi connectivity index (χ1n) is 9.57. The molecule has 0 spiro atoms. The maximum absolute atomic E-state index is 12.5. The van der Waals surface area contributed by atoms with Crippen molar-refractivity contribution in [3.8, 4) is 0 Å². The number of ether oxygens (including phenoxy) is 1. The van der Waals surface area contributed by atoms with E-state index in [1.807, 2.05) is 0 Å². The Balaban J connectivity index is 1.57. The maximum atomic E-state index is 12.5. The molecule has 164 valence electrons. The highest BCUT2D eigenvalue weighted by molar-refractivity contribution is 6.07. The second-order valence-electron chi connectivity index (χ2n) is 6.88. The lowest BCUT2D eigenvalue weighted by atomic mass is 10.1. The van der Waals surface area contributed by atoms with E-state index >= 15 is 0 Å². The van der Waals surface area contributed by atoms with Crippen molar-refractivity contribution in [1.82, 2.24) is 4.90 Å². The average molecular weight is 435 g/mol. The van der Waals surface area contributed by atoms with E-state index in [1.54, 1.807) is 56.6 Å². The van der Waals surface area contributed by atoms with E-state index in [4.69, 9.17) is 9.15 Å². The van der Waals surface area contributed by atoms with Crippen LogP contribution in [-0.2, 0) is 9.53 Å². The Morgan fingerprint density at radius 1 is 0.906 bits per heavy atom. The molecule has 3 aromatic rings. The van der Waals surface area contributed by atoms with Crippen molar-refractivity contribution in [2.75, 3.05) is 31.3 Å². The highest BCUT2D eigenvalue weighted by Gasteiger charge is 2.17. The van der Waals surface area contributed by atoms with Gasteiger partial charge >= 0.3 is 5.97 Å². The van der Waals surface area contributed by atoms with Crippen molar-refractivity contribution in [1.29, 1.82) is 0 Å². The number of amides is 3. The summed E-state index contributed by atoms with van der Waals surface area (Å²) in [5, 5.41) is 5.16. The summed E-state index contributed by atoms with van der Waals surface area (Å²) in [6, 6.07) is 15.6. The van der Waals surface area contributed by atoms with Crippen molar-refractivity contribution < 1.29 is 28.3 Å². The van der Waals surface area contributed by atoms with Gasteiger partial charge in [-0.25, -0.2) is 4.79 Å². The molecular formula is C23H21N3O6. The van der Waals surface area contributed by atoms with Crippen LogP contribution in [-0.4, -0.2) is 49.3 Å². The fourth-order valence-electron chi connectivity index (χ4n) is 2.72. The van der Waals surface area contributed by atoms with Gasteiger partial charge in [-0.1, -0.05) is 12.1 Å². The van der Waals surface area contributed by atoms with Crippen LogP contribution in [0.1, 0.15) is 31.3 Å². The summed E-state index contributed by atoms with van der Waals surface area (Å²) in [6.45, 7) is -0.530. The summed E-state index contributed by atoms with van der Waals surface area (Å²) in [7, 11) is 3.29. The summed E-state index contributed by atoms with van der Waals surface area (Å²) in [4.78, 5) is 50.1. The SMILES string of the molecule is CN(C)C(=O)c1ccc(NC(=O)COC(=O)c2ccccc2NC(=O)c2ccco2)cc1. The van der Waals surface area contributed by atoms with Gasteiger partial charge in [0.25, 0.3) is 17.7 Å². The van der Waals surface area contributed by atoms with Gasteiger partial charge in [-0.2, -0.15) is 0 Å². The van der Waals surface area contributed by atoms with Gasteiger partial charge in [0, 0.05) is 25.3 Å². The Morgan fingerprint density at radius 2 is 1.62 bits per heavy atom. The molecule has 2 N–H and O–H groups in total. The second kappa shape index (κ2) is 10.1. The average Bonchev–Trinajstić information content (AvgIpc) is 3.33. The third kappa shape index (κ3) is 5.60. The minimum atomic E-state index is -0.776. The minimum absolute atomic E-state index is 0.0887. The lowest BCUT2D eigenvalue weighted by Gasteiger charge is -2.12. The molecule has 1 aromatic heterocycles. The molecule has 0 bridgehead atoms. The van der Waals surface area contributed by atoms with Crippen molar-refractivity contribution in [3.63, 3.8) is 0 Å². The number of furan rings is 1. The Hall–Kier alpha value is -4.40. The van der Waals surface area contributed by atoms with Crippen molar-refractivity contribution in [3.05, 3.63) is 83.8 Å². The number of nitrogens with one attached hydrogen (secondary N) is 2. The van der Waals surface area contributed by atoms with Crippen molar-refractivity contribution in [2.24, 2.45) is 0 Å². The zero-order chi connectivity index (χ0) is 23.1. The number of benzene rings is 2. The molecule has 3 amide bonds. The Bertz CT molecular complexity index is 1120. The van der Waals surface area contributed by atoms with Crippen LogP contribution in [0.4, 0.5) is 11.4 Å². The Kier molecular flexibility index (Phi) is 7.02. The van der Waals surface area contributed by atoms with E-state index in [1.165, 1.54) is 29.4 Å². The Labute approximate surface area is 184 Å². The van der Waals surface area contributed by atoms with Crippen LogP contribution in [0, 0.1) is 0 Å². The lowest BCUT2D eigenvalue weighted by molar-refractivity contribution is -0.119. The number of carbonyl (C=O) groups excluding carboxylic acids is 4. The maximum Gasteiger partial charge on any atom is 0.340 e. The van der Waals surface area contributed by atoms with E-state index in [9.17, 15) is 19.2 Å². The highest BCUT2D eigenvalue weighted by Crippen LogP contribution is 2.18. The molecule has 0 atom stereocenters. The Morgan fingerprint density at radius 3 is 2.28 bits per heavy atom. The fraction of sp³-hybridized carbons (Fsp3) is 0.130. The van der Waals surface area contributed by atoms with Crippen LogP contribution in [0.5, 0.6) is 0 Å². The van der Waals surface area contributed by atoms with Crippen LogP contribution in [0.3, 0.4) is 0 Å². The lowest BCUT2D eigenvalue weighted by Crippen LogP contribution is -2.23. The molecule has 0 radical (unpaired) electrons. The normalized spacial score (nSPS) is 10.2. The molecule has 9 nitrogen and oxygen atoms in total. The molecule has 2 aromatic carbocycles. The summed E-state index contributed by atoms with van der Waals surface area (Å²) in [5.41, 5.74) is 1.24. The molecule has 0 fully saturated rings. The number of rotatable bonds is 7. The summed E-state index contributed by atoms with van der Waals surface area (Å²) >= 11 is 0. The van der Waals surface area contributed by atoms with Crippen LogP contribution in [0.25, 0.3) is 0 Å². The van der Waals surface area contributed by atoms with Crippen LogP contribution < -0.4 is 10.6 Å². The van der Waals surface area contributed by atoms with Crippen LogP contribution in [0.15, 0.2) is 71.3 Å². The number of esters is 1. The van der Waals surface area contributed by atoms with Gasteiger partial charge in [0.05, 0.1) is 17.5 Å². The zero-order valence-corrected chi connectivity index (χ0v) is 17.5. The minimum Gasteiger partial charge on any atom is -0.459 e. The van der Waals surface area contributed by atoms with Gasteiger partial charge in [0.15, 0.2) is 12.4 Å². The largest absolute Gasteiger partial charge is 0.459 e. The van der Waals surface area contributed by atoms with Gasteiger partial charge in [-0.3, -0.25) is 14.4 Å². The van der Waals surface area contributed by atoms with Gasteiger partial charge < -0.3 is 24.7 Å². The molecule has 9 heteroatoms. The van der Waals surface area contributed by atoms with E-state index < -0.39 is 24.4 Å². The molecule has 32 heavy (non-hydrogen) atoms. The first kappa shape index (κ1) is 22.3. The molecule has 0 aliphatic heterocycles. The predicted octanol–water partition coefficient (Wildman–Crippen LogP) is 3.03. The van der Waals surface area contributed by atoms with Crippen LogP contribution >= 0.6 is 0 Å². The topological polar surface area (TPSA) is 118 Å². The molecule has 0 saturated heterocycles.